The lowest BCUT2D eigenvalue weighted by atomic mass is 10.1. The van der Waals surface area contributed by atoms with Gasteiger partial charge >= 0.3 is 5.97 Å². The molecular formula is C21H24N6O5. The third kappa shape index (κ3) is 4.60. The Balaban J connectivity index is 1.96. The lowest BCUT2D eigenvalue weighted by Crippen LogP contribution is -2.37. The molecule has 0 spiro atoms. The molecule has 11 nitrogen and oxygen atoms in total. The normalized spacial score (nSPS) is 14.0. The van der Waals surface area contributed by atoms with Gasteiger partial charge in [0.05, 0.1) is 32.1 Å². The summed E-state index contributed by atoms with van der Waals surface area (Å²) < 4.78 is 5.44. The van der Waals surface area contributed by atoms with Gasteiger partial charge in [0.1, 0.15) is 16.7 Å². The van der Waals surface area contributed by atoms with Gasteiger partial charge in [0.15, 0.2) is 5.69 Å². The van der Waals surface area contributed by atoms with Crippen molar-refractivity contribution in [2.24, 2.45) is 5.90 Å². The number of carboxylic acids is 1. The van der Waals surface area contributed by atoms with Gasteiger partial charge in [-0.15, -0.1) is 0 Å². The molecule has 2 aromatic heterocycles. The Hall–Kier alpha value is -3.38. The third-order valence-corrected chi connectivity index (χ3v) is 5.03. The fourth-order valence-electron chi connectivity index (χ4n) is 3.54. The largest absolute Gasteiger partial charge is 0.477 e. The fraction of sp³-hybridized carbons (Fsp3) is 0.333. The van der Waals surface area contributed by atoms with Crippen LogP contribution in [0.4, 0.5) is 11.6 Å². The molecule has 4 rings (SSSR count). The number of hydrogen-bond acceptors (Lipinski definition) is 10. The zero-order chi connectivity index (χ0) is 22.5. The number of hydrogen-bond donors (Lipinski definition) is 4. The van der Waals surface area contributed by atoms with Gasteiger partial charge < -0.3 is 25.2 Å². The van der Waals surface area contributed by atoms with Crippen LogP contribution >= 0.6 is 0 Å². The first-order valence-corrected chi connectivity index (χ1v) is 10.1. The molecule has 3 heterocycles. The first-order chi connectivity index (χ1) is 15.6. The molecule has 11 heteroatoms. The second-order valence-corrected chi connectivity index (χ2v) is 7.19. The molecule has 0 unspecified atom stereocenters. The van der Waals surface area contributed by atoms with Crippen molar-refractivity contribution in [3.63, 3.8) is 0 Å². The summed E-state index contributed by atoms with van der Waals surface area (Å²) in [5, 5.41) is 21.9. The van der Waals surface area contributed by atoms with Crippen LogP contribution in [-0.2, 0) is 16.2 Å². The molecule has 0 aliphatic carbocycles. The van der Waals surface area contributed by atoms with E-state index in [0.717, 1.165) is 11.1 Å². The Labute approximate surface area is 183 Å². The molecule has 0 saturated carbocycles. The molecule has 0 atom stereocenters. The van der Waals surface area contributed by atoms with Crippen LogP contribution in [0.1, 0.15) is 16.1 Å². The molecule has 3 aromatic rings. The van der Waals surface area contributed by atoms with Crippen LogP contribution in [-0.4, -0.2) is 70.6 Å². The maximum atomic E-state index is 11.7. The van der Waals surface area contributed by atoms with E-state index in [1.54, 1.807) is 0 Å². The number of aliphatic hydroxyl groups is 1. The quantitative estimate of drug-likeness (QED) is 0.371. The SMILES string of the molecule is NOCc1cccc(-c2nc(N3CCOCC3)nc3c(NCCO)cc(C(=O)O)nc23)c1. The number of carboxylic acid groups (broad SMARTS) is 1. The monoisotopic (exact) mass is 440 g/mol. The summed E-state index contributed by atoms with van der Waals surface area (Å²) in [7, 11) is 0. The van der Waals surface area contributed by atoms with Crippen molar-refractivity contribution in [3.8, 4) is 11.3 Å². The number of nitrogens with two attached hydrogens (primary N) is 1. The van der Waals surface area contributed by atoms with Crippen molar-refractivity contribution >= 4 is 28.6 Å². The van der Waals surface area contributed by atoms with Gasteiger partial charge in [-0.05, 0) is 17.7 Å². The molecule has 32 heavy (non-hydrogen) atoms. The van der Waals surface area contributed by atoms with Gasteiger partial charge in [-0.2, -0.15) is 0 Å². The Bertz CT molecular complexity index is 1120. The first-order valence-electron chi connectivity index (χ1n) is 10.1. The van der Waals surface area contributed by atoms with E-state index in [-0.39, 0.29) is 25.5 Å². The van der Waals surface area contributed by atoms with Gasteiger partial charge in [0, 0.05) is 25.2 Å². The van der Waals surface area contributed by atoms with E-state index < -0.39 is 5.97 Å². The van der Waals surface area contributed by atoms with Crippen molar-refractivity contribution in [1.82, 2.24) is 15.0 Å². The summed E-state index contributed by atoms with van der Waals surface area (Å²) >= 11 is 0. The zero-order valence-electron chi connectivity index (χ0n) is 17.3. The summed E-state index contributed by atoms with van der Waals surface area (Å²) in [4.78, 5) is 32.4. The number of nitrogens with one attached hydrogen (secondary N) is 1. The number of rotatable bonds is 8. The predicted octanol–water partition coefficient (Wildman–Crippen LogP) is 1.02. The lowest BCUT2D eigenvalue weighted by molar-refractivity contribution is 0.0691. The van der Waals surface area contributed by atoms with Crippen LogP contribution in [0, 0.1) is 0 Å². The van der Waals surface area contributed by atoms with Gasteiger partial charge in [-0.3, -0.25) is 4.84 Å². The van der Waals surface area contributed by atoms with Crippen LogP contribution in [0.15, 0.2) is 30.3 Å². The van der Waals surface area contributed by atoms with Crippen LogP contribution < -0.4 is 16.1 Å². The Morgan fingerprint density at radius 3 is 2.72 bits per heavy atom. The number of morpholine rings is 1. The average molecular weight is 440 g/mol. The maximum absolute atomic E-state index is 11.7. The minimum atomic E-state index is -1.17. The Morgan fingerprint density at radius 2 is 2.00 bits per heavy atom. The number of benzene rings is 1. The Kier molecular flexibility index (Phi) is 6.71. The van der Waals surface area contributed by atoms with Gasteiger partial charge in [-0.1, -0.05) is 18.2 Å². The highest BCUT2D eigenvalue weighted by Gasteiger charge is 2.22. The second kappa shape index (κ2) is 9.83. The highest BCUT2D eigenvalue weighted by atomic mass is 16.6. The fourth-order valence-corrected chi connectivity index (χ4v) is 3.54. The van der Waals surface area contributed by atoms with E-state index in [4.69, 9.17) is 25.4 Å². The van der Waals surface area contributed by atoms with Crippen LogP contribution in [0.25, 0.3) is 22.3 Å². The number of pyridine rings is 1. The number of aromatic nitrogens is 3. The van der Waals surface area contributed by atoms with Crippen LogP contribution in [0.2, 0.25) is 0 Å². The predicted molar refractivity (Wildman–Crippen MR) is 117 cm³/mol. The maximum Gasteiger partial charge on any atom is 0.354 e. The summed E-state index contributed by atoms with van der Waals surface area (Å²) in [6, 6.07) is 8.86. The van der Waals surface area contributed by atoms with Gasteiger partial charge in [-0.25, -0.2) is 25.6 Å². The molecule has 5 N–H and O–H groups in total. The van der Waals surface area contributed by atoms with E-state index in [0.29, 0.717) is 54.7 Å². The van der Waals surface area contributed by atoms with E-state index in [2.05, 4.69) is 10.3 Å². The molecule has 1 aliphatic heterocycles. The van der Waals surface area contributed by atoms with Crippen LogP contribution in [0.5, 0.6) is 0 Å². The lowest BCUT2D eigenvalue weighted by Gasteiger charge is -2.27. The van der Waals surface area contributed by atoms with Crippen LogP contribution in [0.3, 0.4) is 0 Å². The second-order valence-electron chi connectivity index (χ2n) is 7.19. The van der Waals surface area contributed by atoms with E-state index in [1.165, 1.54) is 6.07 Å². The third-order valence-electron chi connectivity index (χ3n) is 5.03. The standard InChI is InChI=1S/C21H24N6O5/c22-32-12-13-2-1-3-14(10-13)17-19-18(26-21(25-17)27-5-8-31-9-6-27)15(23-4-7-28)11-16(24-19)20(29)30/h1-3,10-11,28H,4-9,12,22H2,(H,23,24)(H,29,30). The molecule has 1 saturated heterocycles. The first kappa shape index (κ1) is 21.8. The van der Waals surface area contributed by atoms with E-state index in [9.17, 15) is 15.0 Å². The minimum Gasteiger partial charge on any atom is -0.477 e. The van der Waals surface area contributed by atoms with Crippen molar-refractivity contribution < 1.29 is 24.6 Å². The number of nitrogens with zero attached hydrogens (tertiary/aromatic N) is 4. The Morgan fingerprint density at radius 1 is 1.19 bits per heavy atom. The zero-order valence-corrected chi connectivity index (χ0v) is 17.3. The van der Waals surface area contributed by atoms with E-state index >= 15 is 0 Å². The molecule has 168 valence electrons. The summed E-state index contributed by atoms with van der Waals surface area (Å²) in [5.41, 5.74) is 3.17. The summed E-state index contributed by atoms with van der Waals surface area (Å²) in [6.07, 6.45) is 0. The highest BCUT2D eigenvalue weighted by Crippen LogP contribution is 2.32. The minimum absolute atomic E-state index is 0.123. The molecule has 0 amide bonds. The molecule has 1 aliphatic rings. The van der Waals surface area contributed by atoms with E-state index in [1.807, 2.05) is 29.2 Å². The number of fused-ring (bicyclic) bond motifs is 1. The van der Waals surface area contributed by atoms with Crippen molar-refractivity contribution in [1.29, 1.82) is 0 Å². The number of anilines is 2. The molecular weight excluding hydrogens is 416 g/mol. The summed E-state index contributed by atoms with van der Waals surface area (Å²) in [5.74, 6) is 4.55. The number of ether oxygens (including phenoxy) is 1. The smallest absolute Gasteiger partial charge is 0.354 e. The van der Waals surface area contributed by atoms with Crippen molar-refractivity contribution in [2.45, 2.75) is 6.61 Å². The highest BCUT2D eigenvalue weighted by molar-refractivity contribution is 6.00. The van der Waals surface area contributed by atoms with Crippen molar-refractivity contribution in [2.75, 3.05) is 49.7 Å². The molecule has 0 bridgehead atoms. The van der Waals surface area contributed by atoms with Gasteiger partial charge in [0.2, 0.25) is 5.95 Å². The molecule has 1 aromatic carbocycles. The summed E-state index contributed by atoms with van der Waals surface area (Å²) in [6.45, 7) is 2.70. The number of aromatic carboxylic acids is 1. The topological polar surface area (TPSA) is 156 Å². The molecule has 1 fully saturated rings. The molecule has 0 radical (unpaired) electrons. The average Bonchev–Trinajstić information content (AvgIpc) is 2.82. The number of carbonyl (C=O) groups is 1. The van der Waals surface area contributed by atoms with Crippen molar-refractivity contribution in [3.05, 3.63) is 41.6 Å². The number of aliphatic hydroxyl groups excluding tert-OH is 1. The van der Waals surface area contributed by atoms with Gasteiger partial charge in [0.25, 0.3) is 0 Å².